The van der Waals surface area contributed by atoms with Gasteiger partial charge in [-0.25, -0.2) is 4.99 Å². The van der Waals surface area contributed by atoms with E-state index in [-0.39, 0.29) is 0 Å². The van der Waals surface area contributed by atoms with Crippen molar-refractivity contribution in [1.29, 1.82) is 5.26 Å². The molecule has 0 saturated heterocycles. The summed E-state index contributed by atoms with van der Waals surface area (Å²) in [5.74, 6) is 0. The third kappa shape index (κ3) is 1.46. The van der Waals surface area contributed by atoms with Crippen molar-refractivity contribution < 1.29 is 0 Å². The van der Waals surface area contributed by atoms with Crippen molar-refractivity contribution in [2.45, 2.75) is 12.6 Å². The van der Waals surface area contributed by atoms with E-state index in [1.807, 2.05) is 0 Å². The summed E-state index contributed by atoms with van der Waals surface area (Å²) in [5.41, 5.74) is 6.58. The summed E-state index contributed by atoms with van der Waals surface area (Å²) < 4.78 is 0. The SMILES string of the molecule is CC1(c2ccc(N)cc2C#N)N=CN=N1. The zero-order chi connectivity index (χ0) is 10.9. The van der Waals surface area contributed by atoms with Gasteiger partial charge < -0.3 is 5.73 Å². The first-order valence-electron chi connectivity index (χ1n) is 4.41. The summed E-state index contributed by atoms with van der Waals surface area (Å²) in [4.78, 5) is 4.13. The standard InChI is InChI=1S/C10H9N5/c1-10(13-6-14-15-10)9-3-2-8(12)4-7(9)5-11/h2-4,6H,12H2,1H3. The molecule has 1 atom stereocenters. The van der Waals surface area contributed by atoms with Gasteiger partial charge in [0.1, 0.15) is 6.34 Å². The van der Waals surface area contributed by atoms with Crippen LogP contribution in [-0.4, -0.2) is 6.34 Å². The predicted octanol–water partition coefficient (Wildman–Crippen LogP) is 1.81. The number of nitrogen functional groups attached to an aromatic ring is 1. The molecular weight excluding hydrogens is 190 g/mol. The molecule has 0 bridgehead atoms. The van der Waals surface area contributed by atoms with Gasteiger partial charge in [-0.2, -0.15) is 10.4 Å². The summed E-state index contributed by atoms with van der Waals surface area (Å²) >= 11 is 0. The Labute approximate surface area is 87.0 Å². The van der Waals surface area contributed by atoms with Crippen molar-refractivity contribution in [2.24, 2.45) is 15.2 Å². The van der Waals surface area contributed by atoms with Crippen LogP contribution < -0.4 is 5.73 Å². The first-order chi connectivity index (χ1) is 7.15. The summed E-state index contributed by atoms with van der Waals surface area (Å²) in [6.45, 7) is 1.80. The van der Waals surface area contributed by atoms with Gasteiger partial charge in [0.2, 0.25) is 0 Å². The van der Waals surface area contributed by atoms with E-state index in [2.05, 4.69) is 21.3 Å². The molecule has 2 N–H and O–H groups in total. The monoisotopic (exact) mass is 199 g/mol. The van der Waals surface area contributed by atoms with Crippen molar-refractivity contribution in [3.63, 3.8) is 0 Å². The molecule has 1 unspecified atom stereocenters. The molecule has 15 heavy (non-hydrogen) atoms. The van der Waals surface area contributed by atoms with Gasteiger partial charge in [-0.3, -0.25) is 0 Å². The molecule has 74 valence electrons. The number of nitrogens with zero attached hydrogens (tertiary/aromatic N) is 4. The topological polar surface area (TPSA) is 86.9 Å². The molecule has 1 aliphatic rings. The van der Waals surface area contributed by atoms with E-state index in [0.29, 0.717) is 11.3 Å². The first-order valence-corrected chi connectivity index (χ1v) is 4.41. The maximum absolute atomic E-state index is 8.99. The molecule has 5 nitrogen and oxygen atoms in total. The number of azo groups is 1. The lowest BCUT2D eigenvalue weighted by Crippen LogP contribution is -2.15. The molecule has 1 heterocycles. The number of aliphatic imine (C=N–C) groups is 1. The maximum Gasteiger partial charge on any atom is 0.196 e. The van der Waals surface area contributed by atoms with Gasteiger partial charge >= 0.3 is 0 Å². The highest BCUT2D eigenvalue weighted by Crippen LogP contribution is 2.32. The molecule has 0 saturated carbocycles. The summed E-state index contributed by atoms with van der Waals surface area (Å²) in [6, 6.07) is 7.18. The van der Waals surface area contributed by atoms with Gasteiger partial charge in [0, 0.05) is 11.3 Å². The lowest BCUT2D eigenvalue weighted by molar-refractivity contribution is 0.524. The number of hydrogen-bond donors (Lipinski definition) is 1. The Hall–Kier alpha value is -2.22. The van der Waals surface area contributed by atoms with E-state index in [4.69, 9.17) is 11.0 Å². The molecule has 5 heteroatoms. The van der Waals surface area contributed by atoms with Crippen molar-refractivity contribution in [2.75, 3.05) is 5.73 Å². The normalized spacial score (nSPS) is 22.9. The van der Waals surface area contributed by atoms with Gasteiger partial charge in [-0.15, -0.1) is 5.11 Å². The minimum atomic E-state index is -0.779. The fraction of sp³-hybridized carbons (Fsp3) is 0.200. The minimum Gasteiger partial charge on any atom is -0.399 e. The van der Waals surface area contributed by atoms with Crippen molar-refractivity contribution in [1.82, 2.24) is 0 Å². The highest BCUT2D eigenvalue weighted by molar-refractivity contribution is 5.60. The average Bonchev–Trinajstić information content (AvgIpc) is 2.66. The predicted molar refractivity (Wildman–Crippen MR) is 56.3 cm³/mol. The second-order valence-corrected chi connectivity index (χ2v) is 3.40. The van der Waals surface area contributed by atoms with Crippen molar-refractivity contribution >= 4 is 12.0 Å². The number of nitriles is 1. The van der Waals surface area contributed by atoms with Crippen LogP contribution in [0.25, 0.3) is 0 Å². The third-order valence-electron chi connectivity index (χ3n) is 2.29. The van der Waals surface area contributed by atoms with Gasteiger partial charge in [0.05, 0.1) is 11.6 Å². The van der Waals surface area contributed by atoms with Crippen LogP contribution in [0.15, 0.2) is 33.4 Å². The summed E-state index contributed by atoms with van der Waals surface area (Å²) in [5, 5.41) is 16.7. The fourth-order valence-corrected chi connectivity index (χ4v) is 1.49. The van der Waals surface area contributed by atoms with Gasteiger partial charge in [0.25, 0.3) is 0 Å². The van der Waals surface area contributed by atoms with Crippen LogP contribution in [0.4, 0.5) is 5.69 Å². The smallest absolute Gasteiger partial charge is 0.196 e. The molecule has 0 aromatic heterocycles. The zero-order valence-corrected chi connectivity index (χ0v) is 8.18. The Balaban J connectivity index is 2.59. The Morgan fingerprint density at radius 3 is 2.87 bits per heavy atom. The Bertz CT molecular complexity index is 483. The lowest BCUT2D eigenvalue weighted by atomic mass is 9.97. The second-order valence-electron chi connectivity index (χ2n) is 3.40. The number of benzene rings is 1. The van der Waals surface area contributed by atoms with E-state index in [1.54, 1.807) is 25.1 Å². The largest absolute Gasteiger partial charge is 0.399 e. The van der Waals surface area contributed by atoms with Crippen LogP contribution in [-0.2, 0) is 5.66 Å². The molecule has 0 amide bonds. The molecule has 0 fully saturated rings. The van der Waals surface area contributed by atoms with Crippen LogP contribution in [0.1, 0.15) is 18.1 Å². The van der Waals surface area contributed by atoms with E-state index >= 15 is 0 Å². The van der Waals surface area contributed by atoms with Crippen LogP contribution in [0.5, 0.6) is 0 Å². The highest BCUT2D eigenvalue weighted by Gasteiger charge is 2.30. The Kier molecular flexibility index (Phi) is 1.97. The number of rotatable bonds is 1. The van der Waals surface area contributed by atoms with Gasteiger partial charge in [-0.1, -0.05) is 6.07 Å². The molecule has 1 aliphatic heterocycles. The summed E-state index contributed by atoms with van der Waals surface area (Å²) in [6.07, 6.45) is 1.39. The Morgan fingerprint density at radius 1 is 1.47 bits per heavy atom. The van der Waals surface area contributed by atoms with Crippen LogP contribution >= 0.6 is 0 Å². The van der Waals surface area contributed by atoms with E-state index in [0.717, 1.165) is 5.56 Å². The van der Waals surface area contributed by atoms with Crippen molar-refractivity contribution in [3.05, 3.63) is 29.3 Å². The molecule has 2 rings (SSSR count). The zero-order valence-electron chi connectivity index (χ0n) is 8.18. The first kappa shape index (κ1) is 9.34. The van der Waals surface area contributed by atoms with E-state index in [1.165, 1.54) is 6.34 Å². The highest BCUT2D eigenvalue weighted by atomic mass is 15.3. The fourth-order valence-electron chi connectivity index (χ4n) is 1.49. The second kappa shape index (κ2) is 3.17. The van der Waals surface area contributed by atoms with Crippen LogP contribution in [0, 0.1) is 11.3 Å². The molecule has 1 aromatic carbocycles. The van der Waals surface area contributed by atoms with E-state index < -0.39 is 5.66 Å². The summed E-state index contributed by atoms with van der Waals surface area (Å²) in [7, 11) is 0. The molecular formula is C10H9N5. The van der Waals surface area contributed by atoms with E-state index in [9.17, 15) is 0 Å². The lowest BCUT2D eigenvalue weighted by Gasteiger charge is -2.17. The Morgan fingerprint density at radius 2 is 2.27 bits per heavy atom. The maximum atomic E-state index is 8.99. The minimum absolute atomic E-state index is 0.482. The number of nitrogens with two attached hydrogens (primary N) is 1. The average molecular weight is 199 g/mol. The third-order valence-corrected chi connectivity index (χ3v) is 2.29. The van der Waals surface area contributed by atoms with Gasteiger partial charge in [0.15, 0.2) is 5.66 Å². The molecule has 0 spiro atoms. The molecule has 0 aliphatic carbocycles. The number of hydrogen-bond acceptors (Lipinski definition) is 5. The molecule has 1 aromatic rings. The van der Waals surface area contributed by atoms with Gasteiger partial charge in [-0.05, 0) is 19.1 Å². The van der Waals surface area contributed by atoms with Crippen LogP contribution in [0.3, 0.4) is 0 Å². The van der Waals surface area contributed by atoms with Crippen LogP contribution in [0.2, 0.25) is 0 Å². The quantitative estimate of drug-likeness (QED) is 0.699. The molecule has 0 radical (unpaired) electrons. The van der Waals surface area contributed by atoms with Crippen molar-refractivity contribution in [3.8, 4) is 6.07 Å². The number of anilines is 1.